The molecule has 0 aliphatic rings. The first-order valence-electron chi connectivity index (χ1n) is 5.72. The van der Waals surface area contributed by atoms with E-state index in [9.17, 15) is 13.2 Å². The fraction of sp³-hybridized carbons (Fsp3) is 0.308. The molecule has 0 saturated carbocycles. The second kappa shape index (κ2) is 4.60. The lowest BCUT2D eigenvalue weighted by atomic mass is 10.1. The normalized spacial score (nSPS) is 12.1. The van der Waals surface area contributed by atoms with Crippen LogP contribution in [0.15, 0.2) is 24.3 Å². The largest absolute Gasteiger partial charge is 0.573 e. The van der Waals surface area contributed by atoms with E-state index in [0.717, 1.165) is 5.69 Å². The molecule has 0 radical (unpaired) electrons. The van der Waals surface area contributed by atoms with Gasteiger partial charge in [0.05, 0.1) is 5.52 Å². The predicted molar refractivity (Wildman–Crippen MR) is 66.9 cm³/mol. The molecule has 0 aliphatic heterocycles. The first kappa shape index (κ1) is 13.5. The highest BCUT2D eigenvalue weighted by molar-refractivity contribution is 5.91. The van der Waals surface area contributed by atoms with Crippen molar-refractivity contribution in [3.63, 3.8) is 0 Å². The molecule has 19 heavy (non-hydrogen) atoms. The van der Waals surface area contributed by atoms with Gasteiger partial charge in [0.2, 0.25) is 0 Å². The summed E-state index contributed by atoms with van der Waals surface area (Å²) in [7, 11) is 0. The average Bonchev–Trinajstić information content (AvgIpc) is 2.27. The van der Waals surface area contributed by atoms with Gasteiger partial charge in [0.1, 0.15) is 5.75 Å². The van der Waals surface area contributed by atoms with E-state index >= 15 is 0 Å². The van der Waals surface area contributed by atoms with E-state index in [1.165, 1.54) is 18.2 Å². The lowest BCUT2D eigenvalue weighted by Crippen LogP contribution is -2.17. The van der Waals surface area contributed by atoms with Crippen LogP contribution in [0.4, 0.5) is 18.9 Å². The third-order valence-electron chi connectivity index (χ3n) is 2.66. The molecule has 0 unspecified atom stereocenters. The Balaban J connectivity index is 2.49. The lowest BCUT2D eigenvalue weighted by molar-refractivity contribution is -0.274. The summed E-state index contributed by atoms with van der Waals surface area (Å²) in [6, 6.07) is 5.62. The minimum Gasteiger partial charge on any atom is -0.406 e. The van der Waals surface area contributed by atoms with Crippen molar-refractivity contribution in [2.45, 2.75) is 26.1 Å². The summed E-state index contributed by atoms with van der Waals surface area (Å²) in [4.78, 5) is 4.36. The van der Waals surface area contributed by atoms with Crippen molar-refractivity contribution in [1.29, 1.82) is 0 Å². The van der Waals surface area contributed by atoms with Crippen LogP contribution in [0.2, 0.25) is 0 Å². The number of pyridine rings is 1. The van der Waals surface area contributed by atoms with Crippen LogP contribution >= 0.6 is 0 Å². The number of ether oxygens (including phenoxy) is 1. The molecule has 0 spiro atoms. The molecule has 0 bridgehead atoms. The maximum absolute atomic E-state index is 12.1. The number of anilines is 1. The van der Waals surface area contributed by atoms with Crippen molar-refractivity contribution < 1.29 is 17.9 Å². The fourth-order valence-corrected chi connectivity index (χ4v) is 1.75. The zero-order valence-electron chi connectivity index (χ0n) is 10.5. The zero-order chi connectivity index (χ0) is 14.2. The second-order valence-corrected chi connectivity index (χ2v) is 4.52. The summed E-state index contributed by atoms with van der Waals surface area (Å²) < 4.78 is 40.3. The Bertz CT molecular complexity index is 609. The van der Waals surface area contributed by atoms with Gasteiger partial charge in [0, 0.05) is 16.8 Å². The van der Waals surface area contributed by atoms with Crippen molar-refractivity contribution in [1.82, 2.24) is 4.98 Å². The smallest absolute Gasteiger partial charge is 0.406 e. The molecular formula is C13H13F3N2O. The molecule has 0 aliphatic carbocycles. The first-order chi connectivity index (χ1) is 8.76. The number of nitrogens with two attached hydrogens (primary N) is 1. The molecule has 0 saturated heterocycles. The Morgan fingerprint density at radius 3 is 2.47 bits per heavy atom. The van der Waals surface area contributed by atoms with Crippen LogP contribution in [-0.4, -0.2) is 11.3 Å². The van der Waals surface area contributed by atoms with E-state index in [4.69, 9.17) is 5.73 Å². The van der Waals surface area contributed by atoms with Crippen LogP contribution in [0.3, 0.4) is 0 Å². The molecule has 1 aromatic carbocycles. The Labute approximate surface area is 108 Å². The number of alkyl halides is 3. The van der Waals surface area contributed by atoms with Crippen LogP contribution in [-0.2, 0) is 0 Å². The predicted octanol–water partition coefficient (Wildman–Crippen LogP) is 3.84. The van der Waals surface area contributed by atoms with Gasteiger partial charge in [-0.2, -0.15) is 0 Å². The van der Waals surface area contributed by atoms with Gasteiger partial charge in [-0.1, -0.05) is 13.8 Å². The zero-order valence-corrected chi connectivity index (χ0v) is 10.5. The molecule has 1 aromatic heterocycles. The quantitative estimate of drug-likeness (QED) is 0.901. The summed E-state index contributed by atoms with van der Waals surface area (Å²) in [5.41, 5.74) is 7.60. The molecule has 2 rings (SSSR count). The number of hydrogen-bond acceptors (Lipinski definition) is 3. The fourth-order valence-electron chi connectivity index (χ4n) is 1.75. The Morgan fingerprint density at radius 1 is 1.21 bits per heavy atom. The number of nitrogen functional groups attached to an aromatic ring is 1. The van der Waals surface area contributed by atoms with Crippen LogP contribution in [0.1, 0.15) is 25.5 Å². The van der Waals surface area contributed by atoms with Gasteiger partial charge in [-0.05, 0) is 30.2 Å². The minimum absolute atomic E-state index is 0.192. The summed E-state index contributed by atoms with van der Waals surface area (Å²) in [6.07, 6.45) is -4.71. The highest BCUT2D eigenvalue weighted by atomic mass is 19.4. The van der Waals surface area contributed by atoms with Gasteiger partial charge >= 0.3 is 6.36 Å². The average molecular weight is 270 g/mol. The molecule has 0 fully saturated rings. The maximum atomic E-state index is 12.1. The number of rotatable bonds is 2. The molecule has 0 atom stereocenters. The monoisotopic (exact) mass is 270 g/mol. The number of halogens is 3. The van der Waals surface area contributed by atoms with Gasteiger partial charge in [-0.3, -0.25) is 4.98 Å². The van der Waals surface area contributed by atoms with E-state index < -0.39 is 6.36 Å². The maximum Gasteiger partial charge on any atom is 0.573 e. The lowest BCUT2D eigenvalue weighted by Gasteiger charge is -2.12. The first-order valence-corrected chi connectivity index (χ1v) is 5.72. The topological polar surface area (TPSA) is 48.1 Å². The molecule has 102 valence electrons. The number of fused-ring (bicyclic) bond motifs is 1. The van der Waals surface area contributed by atoms with E-state index in [-0.39, 0.29) is 11.7 Å². The van der Waals surface area contributed by atoms with Gasteiger partial charge in [0.15, 0.2) is 0 Å². The van der Waals surface area contributed by atoms with Gasteiger partial charge < -0.3 is 10.5 Å². The third-order valence-corrected chi connectivity index (χ3v) is 2.66. The molecule has 2 aromatic rings. The molecule has 3 nitrogen and oxygen atoms in total. The standard InChI is InChI=1S/C13H13F3N2O/c1-7(2)12-6-10(17)9-5-8(19-13(14,15)16)3-4-11(9)18-12/h3-7H,1-2H3,(H2,17,18). The molecular weight excluding hydrogens is 257 g/mol. The van der Waals surface area contributed by atoms with Crippen LogP contribution in [0.5, 0.6) is 5.75 Å². The van der Waals surface area contributed by atoms with Crippen LogP contribution in [0.25, 0.3) is 10.9 Å². The van der Waals surface area contributed by atoms with E-state index in [2.05, 4.69) is 9.72 Å². The highest BCUT2D eigenvalue weighted by Crippen LogP contribution is 2.30. The highest BCUT2D eigenvalue weighted by Gasteiger charge is 2.31. The Kier molecular flexibility index (Phi) is 3.26. The van der Waals surface area contributed by atoms with Gasteiger partial charge in [0.25, 0.3) is 0 Å². The van der Waals surface area contributed by atoms with Crippen LogP contribution < -0.4 is 10.5 Å². The third kappa shape index (κ3) is 3.07. The summed E-state index contributed by atoms with van der Waals surface area (Å²) in [5, 5.41) is 0.450. The second-order valence-electron chi connectivity index (χ2n) is 4.52. The number of benzene rings is 1. The molecule has 2 N–H and O–H groups in total. The van der Waals surface area contributed by atoms with Crippen molar-refractivity contribution in [2.24, 2.45) is 0 Å². The Hall–Kier alpha value is -1.98. The summed E-state index contributed by atoms with van der Waals surface area (Å²) in [6.45, 7) is 3.93. The van der Waals surface area contributed by atoms with Gasteiger partial charge in [-0.15, -0.1) is 13.2 Å². The number of nitrogens with zero attached hydrogens (tertiary/aromatic N) is 1. The van der Waals surface area contributed by atoms with Crippen molar-refractivity contribution in [3.05, 3.63) is 30.0 Å². The molecule has 6 heteroatoms. The van der Waals surface area contributed by atoms with Crippen molar-refractivity contribution >= 4 is 16.6 Å². The number of hydrogen-bond donors (Lipinski definition) is 1. The van der Waals surface area contributed by atoms with Crippen molar-refractivity contribution in [2.75, 3.05) is 5.73 Å². The van der Waals surface area contributed by atoms with Crippen LogP contribution in [0, 0.1) is 0 Å². The summed E-state index contributed by atoms with van der Waals surface area (Å²) >= 11 is 0. The molecule has 0 amide bonds. The van der Waals surface area contributed by atoms with Gasteiger partial charge in [-0.25, -0.2) is 0 Å². The Morgan fingerprint density at radius 2 is 1.89 bits per heavy atom. The van der Waals surface area contributed by atoms with E-state index in [1.54, 1.807) is 6.07 Å². The van der Waals surface area contributed by atoms with E-state index in [1.807, 2.05) is 13.8 Å². The SMILES string of the molecule is CC(C)c1cc(N)c2cc(OC(F)(F)F)ccc2n1. The molecule has 1 heterocycles. The summed E-state index contributed by atoms with van der Waals surface area (Å²) in [5.74, 6) is -0.108. The van der Waals surface area contributed by atoms with Crippen molar-refractivity contribution in [3.8, 4) is 5.75 Å². The minimum atomic E-state index is -4.71. The van der Waals surface area contributed by atoms with E-state index in [0.29, 0.717) is 16.6 Å². The number of aromatic nitrogens is 1.